The van der Waals surface area contributed by atoms with Crippen LogP contribution in [0.15, 0.2) is 27.5 Å². The van der Waals surface area contributed by atoms with Gasteiger partial charge in [-0.2, -0.15) is 0 Å². The van der Waals surface area contributed by atoms with Gasteiger partial charge in [-0.05, 0) is 18.6 Å². The van der Waals surface area contributed by atoms with Gasteiger partial charge in [0.15, 0.2) is 6.17 Å². The maximum Gasteiger partial charge on any atom is 0.162 e. The Labute approximate surface area is 69.8 Å². The summed E-state index contributed by atoms with van der Waals surface area (Å²) in [5.41, 5.74) is 2.23. The van der Waals surface area contributed by atoms with Gasteiger partial charge >= 0.3 is 0 Å². The van der Waals surface area contributed by atoms with Gasteiger partial charge in [0.2, 0.25) is 0 Å². The molecule has 2 aliphatic heterocycles. The SMILES string of the molecule is CC1=C2NC=NC2NC(Cl)=C1. The molecule has 0 spiro atoms. The number of nitrogens with one attached hydrogen (secondary N) is 2. The molecule has 2 heterocycles. The van der Waals surface area contributed by atoms with Gasteiger partial charge in [-0.15, -0.1) is 0 Å². The molecular formula is C7H8ClN3. The first kappa shape index (κ1) is 6.73. The van der Waals surface area contributed by atoms with E-state index in [0.29, 0.717) is 5.16 Å². The number of nitrogens with zero attached hydrogens (tertiary/aromatic N) is 1. The van der Waals surface area contributed by atoms with E-state index in [0.717, 1.165) is 11.3 Å². The van der Waals surface area contributed by atoms with Crippen molar-refractivity contribution in [2.24, 2.45) is 4.99 Å². The largest absolute Gasteiger partial charge is 0.349 e. The summed E-state index contributed by atoms with van der Waals surface area (Å²) in [6.45, 7) is 2.01. The molecule has 0 aromatic carbocycles. The normalized spacial score (nSPS) is 27.5. The van der Waals surface area contributed by atoms with Crippen LogP contribution >= 0.6 is 11.6 Å². The maximum atomic E-state index is 5.79. The molecule has 1 unspecified atom stereocenters. The minimum Gasteiger partial charge on any atom is -0.349 e. The van der Waals surface area contributed by atoms with Crippen LogP contribution in [0.4, 0.5) is 0 Å². The minimum absolute atomic E-state index is 0.00694. The zero-order chi connectivity index (χ0) is 7.84. The lowest BCUT2D eigenvalue weighted by molar-refractivity contribution is 0.678. The molecule has 0 amide bonds. The minimum atomic E-state index is 0.00694. The first-order valence-electron chi connectivity index (χ1n) is 3.40. The molecule has 0 saturated carbocycles. The Morgan fingerprint density at radius 3 is 3.27 bits per heavy atom. The highest BCUT2D eigenvalue weighted by Crippen LogP contribution is 2.20. The first-order valence-corrected chi connectivity index (χ1v) is 3.78. The fourth-order valence-corrected chi connectivity index (χ4v) is 1.48. The second-order valence-electron chi connectivity index (χ2n) is 2.56. The van der Waals surface area contributed by atoms with E-state index in [1.165, 1.54) is 0 Å². The van der Waals surface area contributed by atoms with E-state index in [9.17, 15) is 0 Å². The van der Waals surface area contributed by atoms with Gasteiger partial charge in [0.05, 0.1) is 12.0 Å². The van der Waals surface area contributed by atoms with Crippen molar-refractivity contribution in [1.29, 1.82) is 0 Å². The second-order valence-corrected chi connectivity index (χ2v) is 2.97. The summed E-state index contributed by atoms with van der Waals surface area (Å²) in [6.07, 6.45) is 3.57. The summed E-state index contributed by atoms with van der Waals surface area (Å²) < 4.78 is 0. The van der Waals surface area contributed by atoms with E-state index in [2.05, 4.69) is 15.6 Å². The van der Waals surface area contributed by atoms with Crippen LogP contribution in [0.25, 0.3) is 0 Å². The van der Waals surface area contributed by atoms with Gasteiger partial charge in [0.1, 0.15) is 5.16 Å². The van der Waals surface area contributed by atoms with E-state index >= 15 is 0 Å². The van der Waals surface area contributed by atoms with Crippen molar-refractivity contribution in [3.05, 3.63) is 22.5 Å². The van der Waals surface area contributed by atoms with Crippen LogP contribution < -0.4 is 10.6 Å². The van der Waals surface area contributed by atoms with Crippen LogP contribution in [-0.2, 0) is 0 Å². The van der Waals surface area contributed by atoms with E-state index in [-0.39, 0.29) is 6.17 Å². The molecule has 2 N–H and O–H groups in total. The Morgan fingerprint density at radius 2 is 2.45 bits per heavy atom. The summed E-state index contributed by atoms with van der Waals surface area (Å²) in [7, 11) is 0. The third kappa shape index (κ3) is 1.01. The number of fused-ring (bicyclic) bond motifs is 1. The predicted octanol–water partition coefficient (Wildman–Crippen LogP) is 0.901. The van der Waals surface area contributed by atoms with Gasteiger partial charge in [-0.3, -0.25) is 0 Å². The second kappa shape index (κ2) is 2.27. The molecule has 11 heavy (non-hydrogen) atoms. The number of hydrogen-bond donors (Lipinski definition) is 2. The van der Waals surface area contributed by atoms with Gasteiger partial charge in [-0.1, -0.05) is 11.6 Å². The van der Waals surface area contributed by atoms with Crippen LogP contribution in [0.1, 0.15) is 6.92 Å². The third-order valence-corrected chi connectivity index (χ3v) is 1.98. The molecule has 0 bridgehead atoms. The Hall–Kier alpha value is -0.960. The van der Waals surface area contributed by atoms with Crippen LogP contribution in [0.2, 0.25) is 0 Å². The summed E-state index contributed by atoms with van der Waals surface area (Å²) >= 11 is 5.79. The van der Waals surface area contributed by atoms with Gasteiger partial charge < -0.3 is 10.6 Å². The summed E-state index contributed by atoms with van der Waals surface area (Å²) in [4.78, 5) is 4.13. The molecule has 2 aliphatic rings. The Kier molecular flexibility index (Phi) is 1.39. The Morgan fingerprint density at radius 1 is 1.64 bits per heavy atom. The molecular weight excluding hydrogens is 162 g/mol. The highest BCUT2D eigenvalue weighted by Gasteiger charge is 2.22. The maximum absolute atomic E-state index is 5.79. The van der Waals surface area contributed by atoms with Crippen molar-refractivity contribution < 1.29 is 0 Å². The molecule has 2 rings (SSSR count). The van der Waals surface area contributed by atoms with Crippen molar-refractivity contribution in [3.63, 3.8) is 0 Å². The quantitative estimate of drug-likeness (QED) is 0.529. The lowest BCUT2D eigenvalue weighted by atomic mass is 10.1. The Balaban J connectivity index is 2.39. The molecule has 0 saturated heterocycles. The number of dihydropyridines is 1. The Bertz CT molecular complexity index is 277. The summed E-state index contributed by atoms with van der Waals surface area (Å²) in [6, 6.07) is 0. The van der Waals surface area contributed by atoms with E-state index in [1.54, 1.807) is 6.34 Å². The molecule has 0 radical (unpaired) electrons. The average molecular weight is 170 g/mol. The van der Waals surface area contributed by atoms with Gasteiger partial charge in [-0.25, -0.2) is 4.99 Å². The van der Waals surface area contributed by atoms with Crippen LogP contribution in [0.3, 0.4) is 0 Å². The standard InChI is InChI=1S/C7H8ClN3/c1-4-2-5(8)11-7-6(4)9-3-10-7/h2-3,7,11H,1H3,(H,9,10). The lowest BCUT2D eigenvalue weighted by Crippen LogP contribution is -2.31. The van der Waals surface area contributed by atoms with Crippen LogP contribution in [0, 0.1) is 0 Å². The highest BCUT2D eigenvalue weighted by molar-refractivity contribution is 6.29. The molecule has 0 aliphatic carbocycles. The fraction of sp³-hybridized carbons (Fsp3) is 0.286. The molecule has 3 nitrogen and oxygen atoms in total. The van der Waals surface area contributed by atoms with Crippen molar-refractivity contribution in [2.75, 3.05) is 0 Å². The number of aliphatic imine (C=N–C) groups is 1. The number of allylic oxidation sites excluding steroid dienone is 2. The molecule has 0 aromatic heterocycles. The highest BCUT2D eigenvalue weighted by atomic mass is 35.5. The number of hydrogen-bond acceptors (Lipinski definition) is 3. The van der Waals surface area contributed by atoms with Gasteiger partial charge in [0, 0.05) is 0 Å². The molecule has 1 atom stereocenters. The monoisotopic (exact) mass is 169 g/mol. The van der Waals surface area contributed by atoms with Gasteiger partial charge in [0.25, 0.3) is 0 Å². The number of halogens is 1. The van der Waals surface area contributed by atoms with E-state index in [1.807, 2.05) is 13.0 Å². The van der Waals surface area contributed by atoms with Crippen LogP contribution in [0.5, 0.6) is 0 Å². The summed E-state index contributed by atoms with van der Waals surface area (Å²) in [5, 5.41) is 6.72. The zero-order valence-electron chi connectivity index (χ0n) is 6.06. The molecule has 4 heteroatoms. The van der Waals surface area contributed by atoms with Crippen molar-refractivity contribution in [2.45, 2.75) is 13.1 Å². The lowest BCUT2D eigenvalue weighted by Gasteiger charge is -2.18. The topological polar surface area (TPSA) is 36.4 Å². The average Bonchev–Trinajstić information content (AvgIpc) is 2.34. The third-order valence-electron chi connectivity index (χ3n) is 1.76. The van der Waals surface area contributed by atoms with Crippen molar-refractivity contribution in [1.82, 2.24) is 10.6 Å². The number of rotatable bonds is 0. The first-order chi connectivity index (χ1) is 5.27. The smallest absolute Gasteiger partial charge is 0.162 e. The van der Waals surface area contributed by atoms with Crippen molar-refractivity contribution >= 4 is 17.9 Å². The van der Waals surface area contributed by atoms with E-state index in [4.69, 9.17) is 11.6 Å². The molecule has 58 valence electrons. The summed E-state index contributed by atoms with van der Waals surface area (Å²) in [5.74, 6) is 0. The van der Waals surface area contributed by atoms with E-state index < -0.39 is 0 Å². The zero-order valence-corrected chi connectivity index (χ0v) is 6.81. The molecule has 0 fully saturated rings. The fourth-order valence-electron chi connectivity index (χ4n) is 1.21. The van der Waals surface area contributed by atoms with Crippen molar-refractivity contribution in [3.8, 4) is 0 Å². The van der Waals surface area contributed by atoms with Crippen LogP contribution in [-0.4, -0.2) is 12.5 Å². The predicted molar refractivity (Wildman–Crippen MR) is 45.2 cm³/mol. The molecule has 0 aromatic rings.